The molecular weight excluding hydrogens is 222 g/mol. The van der Waals surface area contributed by atoms with Crippen molar-refractivity contribution in [1.29, 1.82) is 0 Å². The summed E-state index contributed by atoms with van der Waals surface area (Å²) in [6, 6.07) is 6.66. The van der Waals surface area contributed by atoms with E-state index in [-0.39, 0.29) is 18.1 Å². The molecule has 0 aliphatic rings. The van der Waals surface area contributed by atoms with Crippen molar-refractivity contribution in [1.82, 2.24) is 5.32 Å². The number of carboxylic acid groups (broad SMARTS) is 1. The second kappa shape index (κ2) is 6.65. The maximum absolute atomic E-state index is 11.1. The second-order valence-electron chi connectivity index (χ2n) is 3.54. The summed E-state index contributed by atoms with van der Waals surface area (Å²) in [6.45, 7) is 0.500. The van der Waals surface area contributed by atoms with E-state index in [2.05, 4.69) is 10.1 Å². The Hall–Kier alpha value is -1.88. The van der Waals surface area contributed by atoms with Gasteiger partial charge in [-0.25, -0.2) is 4.79 Å². The fraction of sp³-hybridized carbons (Fsp3) is 0.333. The molecule has 92 valence electrons. The highest BCUT2D eigenvalue weighted by Crippen LogP contribution is 2.05. The number of ether oxygens (including phenoxy) is 1. The van der Waals surface area contributed by atoms with E-state index >= 15 is 0 Å². The first-order valence-corrected chi connectivity index (χ1v) is 5.21. The summed E-state index contributed by atoms with van der Waals surface area (Å²) in [6.07, 6.45) is 0.594. The predicted molar refractivity (Wildman–Crippen MR) is 62.0 cm³/mol. The lowest BCUT2D eigenvalue weighted by molar-refractivity contribution is -0.124. The van der Waals surface area contributed by atoms with Crippen LogP contribution >= 0.6 is 0 Å². The minimum absolute atomic E-state index is 0.0369. The van der Waals surface area contributed by atoms with Crippen molar-refractivity contribution in [2.45, 2.75) is 6.42 Å². The van der Waals surface area contributed by atoms with E-state index in [1.54, 1.807) is 12.1 Å². The van der Waals surface area contributed by atoms with Crippen LogP contribution in [0.1, 0.15) is 15.9 Å². The third-order valence-corrected chi connectivity index (χ3v) is 2.19. The van der Waals surface area contributed by atoms with Gasteiger partial charge in [-0.15, -0.1) is 0 Å². The Kier molecular flexibility index (Phi) is 5.16. The minimum atomic E-state index is -0.949. The smallest absolute Gasteiger partial charge is 0.335 e. The molecule has 1 aromatic carbocycles. The van der Waals surface area contributed by atoms with Crippen LogP contribution in [0, 0.1) is 0 Å². The minimum Gasteiger partial charge on any atom is -0.478 e. The number of carbonyl (C=O) groups excluding carboxylic acids is 1. The maximum atomic E-state index is 11.1. The SMILES string of the molecule is COCC(=O)NCCc1cccc(C(=O)O)c1. The molecule has 0 saturated heterocycles. The zero-order valence-corrected chi connectivity index (χ0v) is 9.60. The number of methoxy groups -OCH3 is 1. The van der Waals surface area contributed by atoms with Crippen molar-refractivity contribution in [3.63, 3.8) is 0 Å². The van der Waals surface area contributed by atoms with Crippen LogP contribution in [0.5, 0.6) is 0 Å². The van der Waals surface area contributed by atoms with Crippen molar-refractivity contribution in [3.8, 4) is 0 Å². The number of aromatic carboxylic acids is 1. The number of hydrogen-bond donors (Lipinski definition) is 2. The highest BCUT2D eigenvalue weighted by Gasteiger charge is 2.03. The monoisotopic (exact) mass is 237 g/mol. The molecule has 2 N–H and O–H groups in total. The average molecular weight is 237 g/mol. The Morgan fingerprint density at radius 2 is 2.18 bits per heavy atom. The molecule has 0 spiro atoms. The summed E-state index contributed by atoms with van der Waals surface area (Å²) in [7, 11) is 1.45. The van der Waals surface area contributed by atoms with Gasteiger partial charge in [0.25, 0.3) is 0 Å². The largest absolute Gasteiger partial charge is 0.478 e. The third-order valence-electron chi connectivity index (χ3n) is 2.19. The highest BCUT2D eigenvalue weighted by atomic mass is 16.5. The van der Waals surface area contributed by atoms with Crippen molar-refractivity contribution < 1.29 is 19.4 Å². The molecule has 0 saturated carbocycles. The van der Waals surface area contributed by atoms with Crippen LogP contribution in [0.25, 0.3) is 0 Å². The highest BCUT2D eigenvalue weighted by molar-refractivity contribution is 5.87. The van der Waals surface area contributed by atoms with E-state index < -0.39 is 5.97 Å². The van der Waals surface area contributed by atoms with Crippen LogP contribution in [-0.2, 0) is 16.0 Å². The van der Waals surface area contributed by atoms with E-state index in [0.717, 1.165) is 5.56 Å². The van der Waals surface area contributed by atoms with Crippen molar-refractivity contribution >= 4 is 11.9 Å². The van der Waals surface area contributed by atoms with E-state index in [1.807, 2.05) is 6.07 Å². The third kappa shape index (κ3) is 4.65. The molecule has 1 amide bonds. The summed E-state index contributed by atoms with van der Waals surface area (Å²) < 4.78 is 4.67. The van der Waals surface area contributed by atoms with Gasteiger partial charge in [0.15, 0.2) is 0 Å². The van der Waals surface area contributed by atoms with Gasteiger partial charge in [-0.05, 0) is 24.1 Å². The van der Waals surface area contributed by atoms with Gasteiger partial charge in [0.05, 0.1) is 5.56 Å². The van der Waals surface area contributed by atoms with Gasteiger partial charge < -0.3 is 15.2 Å². The quantitative estimate of drug-likeness (QED) is 0.763. The van der Waals surface area contributed by atoms with E-state index in [1.165, 1.54) is 13.2 Å². The van der Waals surface area contributed by atoms with E-state index in [0.29, 0.717) is 13.0 Å². The molecule has 0 fully saturated rings. The number of carboxylic acids is 1. The standard InChI is InChI=1S/C12H15NO4/c1-17-8-11(14)13-6-5-9-3-2-4-10(7-9)12(15)16/h2-4,7H,5-6,8H2,1H3,(H,13,14)(H,15,16). The fourth-order valence-corrected chi connectivity index (χ4v) is 1.39. The van der Waals surface area contributed by atoms with Crippen molar-refractivity contribution in [2.24, 2.45) is 0 Å². The van der Waals surface area contributed by atoms with Crippen LogP contribution in [0.4, 0.5) is 0 Å². The lowest BCUT2D eigenvalue weighted by Crippen LogP contribution is -2.28. The number of rotatable bonds is 6. The summed E-state index contributed by atoms with van der Waals surface area (Å²) in [5.41, 5.74) is 1.13. The number of amides is 1. The molecular formula is C12H15NO4. The topological polar surface area (TPSA) is 75.6 Å². The molecule has 0 bridgehead atoms. The van der Waals surface area contributed by atoms with Gasteiger partial charge in [-0.2, -0.15) is 0 Å². The number of benzene rings is 1. The first kappa shape index (κ1) is 13.2. The van der Waals surface area contributed by atoms with Crippen molar-refractivity contribution in [2.75, 3.05) is 20.3 Å². The first-order valence-electron chi connectivity index (χ1n) is 5.21. The zero-order chi connectivity index (χ0) is 12.7. The van der Waals surface area contributed by atoms with Gasteiger partial charge >= 0.3 is 5.97 Å². The molecule has 1 aromatic rings. The molecule has 0 radical (unpaired) electrons. The summed E-state index contributed by atoms with van der Waals surface area (Å²) in [4.78, 5) is 21.8. The molecule has 5 heteroatoms. The van der Waals surface area contributed by atoms with Gasteiger partial charge in [0, 0.05) is 13.7 Å². The summed E-state index contributed by atoms with van der Waals surface area (Å²) >= 11 is 0. The normalized spacial score (nSPS) is 9.94. The molecule has 0 unspecified atom stereocenters. The summed E-state index contributed by atoms with van der Waals surface area (Å²) in [5, 5.41) is 11.5. The maximum Gasteiger partial charge on any atom is 0.335 e. The van der Waals surface area contributed by atoms with Gasteiger partial charge in [-0.1, -0.05) is 12.1 Å². The molecule has 0 heterocycles. The Bertz CT molecular complexity index is 403. The predicted octanol–water partition coefficient (Wildman–Crippen LogP) is 0.690. The molecule has 17 heavy (non-hydrogen) atoms. The molecule has 0 atom stereocenters. The average Bonchev–Trinajstić information content (AvgIpc) is 2.30. The number of nitrogens with one attached hydrogen (secondary N) is 1. The Morgan fingerprint density at radius 1 is 1.41 bits per heavy atom. The molecule has 0 aliphatic carbocycles. The van der Waals surface area contributed by atoms with Crippen LogP contribution < -0.4 is 5.32 Å². The Labute approximate surface area is 99.4 Å². The van der Waals surface area contributed by atoms with E-state index in [4.69, 9.17) is 5.11 Å². The number of carbonyl (C=O) groups is 2. The first-order chi connectivity index (χ1) is 8.13. The van der Waals surface area contributed by atoms with E-state index in [9.17, 15) is 9.59 Å². The number of hydrogen-bond acceptors (Lipinski definition) is 3. The molecule has 1 rings (SSSR count). The lowest BCUT2D eigenvalue weighted by atomic mass is 10.1. The zero-order valence-electron chi connectivity index (χ0n) is 9.60. The Balaban J connectivity index is 2.44. The molecule has 0 aliphatic heterocycles. The summed E-state index contributed by atoms with van der Waals surface area (Å²) in [5.74, 6) is -1.13. The van der Waals surface area contributed by atoms with Gasteiger partial charge in [-0.3, -0.25) is 4.79 Å². The molecule has 0 aromatic heterocycles. The van der Waals surface area contributed by atoms with Gasteiger partial charge in [0.1, 0.15) is 6.61 Å². The van der Waals surface area contributed by atoms with Gasteiger partial charge in [0.2, 0.25) is 5.91 Å². The molecule has 5 nitrogen and oxygen atoms in total. The Morgan fingerprint density at radius 3 is 2.82 bits per heavy atom. The van der Waals surface area contributed by atoms with Crippen LogP contribution in [-0.4, -0.2) is 37.2 Å². The van der Waals surface area contributed by atoms with Crippen LogP contribution in [0.15, 0.2) is 24.3 Å². The van der Waals surface area contributed by atoms with Crippen LogP contribution in [0.2, 0.25) is 0 Å². The fourth-order valence-electron chi connectivity index (χ4n) is 1.39. The van der Waals surface area contributed by atoms with Crippen molar-refractivity contribution in [3.05, 3.63) is 35.4 Å². The van der Waals surface area contributed by atoms with Crippen LogP contribution in [0.3, 0.4) is 0 Å². The second-order valence-corrected chi connectivity index (χ2v) is 3.54. The lowest BCUT2D eigenvalue weighted by Gasteiger charge is -2.05.